The van der Waals surface area contributed by atoms with E-state index in [1.807, 2.05) is 6.92 Å². The summed E-state index contributed by atoms with van der Waals surface area (Å²) < 4.78 is 25.2. The number of hydrogen-bond acceptors (Lipinski definition) is 6. The second-order valence-corrected chi connectivity index (χ2v) is 9.06. The molecule has 0 saturated carbocycles. The van der Waals surface area contributed by atoms with E-state index in [1.54, 1.807) is 0 Å². The standard InChI is InChI=1S/C17H22N4O4S2/c1-4-5-13-10-15(22)20-17(19-13)26-11-16(23)18-12-6-8-14(9-7-12)27(24,25)21(2)3/h6-10H,4-5,11H2,1-3H3,(H,18,23)(H,19,20,22). The number of carbonyl (C=O) groups is 1. The lowest BCUT2D eigenvalue weighted by Crippen LogP contribution is -2.22. The summed E-state index contributed by atoms with van der Waals surface area (Å²) in [5.74, 6) is -0.220. The number of anilines is 1. The molecule has 0 bridgehead atoms. The van der Waals surface area contributed by atoms with Gasteiger partial charge in [-0.05, 0) is 30.7 Å². The number of aromatic nitrogens is 2. The molecule has 146 valence electrons. The third kappa shape index (κ3) is 5.91. The minimum Gasteiger partial charge on any atom is -0.325 e. The Morgan fingerprint density at radius 1 is 1.26 bits per heavy atom. The summed E-state index contributed by atoms with van der Waals surface area (Å²) in [6.07, 6.45) is 1.58. The first kappa shape index (κ1) is 21.1. The van der Waals surface area contributed by atoms with Crippen molar-refractivity contribution in [3.05, 3.63) is 46.4 Å². The van der Waals surface area contributed by atoms with Crippen LogP contribution in [0.3, 0.4) is 0 Å². The molecule has 10 heteroatoms. The zero-order valence-corrected chi connectivity index (χ0v) is 17.0. The summed E-state index contributed by atoms with van der Waals surface area (Å²) in [4.78, 5) is 30.8. The van der Waals surface area contributed by atoms with Gasteiger partial charge in [0.25, 0.3) is 5.56 Å². The average molecular weight is 411 g/mol. The molecule has 2 rings (SSSR count). The van der Waals surface area contributed by atoms with E-state index >= 15 is 0 Å². The number of benzene rings is 1. The molecule has 8 nitrogen and oxygen atoms in total. The Bertz CT molecular complexity index is 954. The fourth-order valence-electron chi connectivity index (χ4n) is 2.19. The van der Waals surface area contributed by atoms with Gasteiger partial charge in [-0.25, -0.2) is 17.7 Å². The Morgan fingerprint density at radius 2 is 1.93 bits per heavy atom. The summed E-state index contributed by atoms with van der Waals surface area (Å²) in [6.45, 7) is 2.00. The summed E-state index contributed by atoms with van der Waals surface area (Å²) >= 11 is 1.13. The molecular weight excluding hydrogens is 388 g/mol. The largest absolute Gasteiger partial charge is 0.325 e. The molecule has 1 amide bonds. The van der Waals surface area contributed by atoms with Crippen LogP contribution in [0.25, 0.3) is 0 Å². The van der Waals surface area contributed by atoms with Crippen molar-refractivity contribution in [1.82, 2.24) is 14.3 Å². The number of H-pyrrole nitrogens is 1. The van der Waals surface area contributed by atoms with Crippen LogP contribution in [0.15, 0.2) is 45.2 Å². The van der Waals surface area contributed by atoms with Crippen molar-refractivity contribution in [2.24, 2.45) is 0 Å². The molecule has 0 fully saturated rings. The summed E-state index contributed by atoms with van der Waals surface area (Å²) in [6, 6.07) is 7.38. The number of nitrogens with one attached hydrogen (secondary N) is 2. The second-order valence-electron chi connectivity index (χ2n) is 5.94. The van der Waals surface area contributed by atoms with E-state index in [1.165, 1.54) is 44.4 Å². The SMILES string of the molecule is CCCc1cc(=O)[nH]c(SCC(=O)Nc2ccc(S(=O)(=O)N(C)C)cc2)n1. The molecule has 1 aromatic carbocycles. The molecule has 2 aromatic rings. The summed E-state index contributed by atoms with van der Waals surface area (Å²) in [5, 5.41) is 3.08. The van der Waals surface area contributed by atoms with E-state index < -0.39 is 10.0 Å². The van der Waals surface area contributed by atoms with Gasteiger partial charge in [0.2, 0.25) is 15.9 Å². The molecule has 2 N–H and O–H groups in total. The first-order valence-electron chi connectivity index (χ1n) is 8.28. The topological polar surface area (TPSA) is 112 Å². The van der Waals surface area contributed by atoms with Gasteiger partial charge in [0.05, 0.1) is 10.6 Å². The van der Waals surface area contributed by atoms with Crippen LogP contribution in [0.2, 0.25) is 0 Å². The molecule has 27 heavy (non-hydrogen) atoms. The second kappa shape index (κ2) is 9.16. The molecule has 0 aliphatic carbocycles. The van der Waals surface area contributed by atoms with Crippen molar-refractivity contribution in [2.45, 2.75) is 29.8 Å². The zero-order valence-electron chi connectivity index (χ0n) is 15.4. The van der Waals surface area contributed by atoms with Gasteiger partial charge >= 0.3 is 0 Å². The number of rotatable bonds is 8. The van der Waals surface area contributed by atoms with E-state index in [0.29, 0.717) is 23.0 Å². The molecule has 1 heterocycles. The fraction of sp³-hybridized carbons (Fsp3) is 0.353. The average Bonchev–Trinajstić information content (AvgIpc) is 2.60. The molecule has 0 saturated heterocycles. The monoisotopic (exact) mass is 410 g/mol. The van der Waals surface area contributed by atoms with Gasteiger partial charge in [0, 0.05) is 31.5 Å². The smallest absolute Gasteiger partial charge is 0.251 e. The maximum absolute atomic E-state index is 12.1. The van der Waals surface area contributed by atoms with Crippen LogP contribution >= 0.6 is 11.8 Å². The molecule has 0 spiro atoms. The van der Waals surface area contributed by atoms with Crippen molar-refractivity contribution < 1.29 is 13.2 Å². The normalized spacial score (nSPS) is 11.6. The highest BCUT2D eigenvalue weighted by Crippen LogP contribution is 2.17. The predicted octanol–water partition coefficient (Wildman–Crippen LogP) is 1.70. The molecule has 0 unspecified atom stereocenters. The van der Waals surface area contributed by atoms with Crippen LogP contribution < -0.4 is 10.9 Å². The number of thioether (sulfide) groups is 1. The van der Waals surface area contributed by atoms with E-state index in [-0.39, 0.29) is 22.1 Å². The lowest BCUT2D eigenvalue weighted by Gasteiger charge is -2.12. The number of carbonyl (C=O) groups excluding carboxylic acids is 1. The first-order chi connectivity index (χ1) is 12.7. The number of aryl methyl sites for hydroxylation is 1. The lowest BCUT2D eigenvalue weighted by molar-refractivity contribution is -0.113. The minimum atomic E-state index is -3.51. The van der Waals surface area contributed by atoms with Gasteiger partial charge in [-0.3, -0.25) is 9.59 Å². The minimum absolute atomic E-state index is 0.0657. The van der Waals surface area contributed by atoms with Gasteiger partial charge in [-0.15, -0.1) is 0 Å². The lowest BCUT2D eigenvalue weighted by atomic mass is 10.2. The first-order valence-corrected chi connectivity index (χ1v) is 10.7. The van der Waals surface area contributed by atoms with E-state index in [0.717, 1.165) is 22.5 Å². The maximum Gasteiger partial charge on any atom is 0.251 e. The van der Waals surface area contributed by atoms with Gasteiger partial charge < -0.3 is 10.3 Å². The highest BCUT2D eigenvalue weighted by atomic mass is 32.2. The van der Waals surface area contributed by atoms with Crippen LogP contribution in [-0.2, 0) is 21.2 Å². The van der Waals surface area contributed by atoms with Crippen LogP contribution in [0.4, 0.5) is 5.69 Å². The maximum atomic E-state index is 12.1. The highest BCUT2D eigenvalue weighted by molar-refractivity contribution is 7.99. The number of nitrogens with zero attached hydrogens (tertiary/aromatic N) is 2. The van der Waals surface area contributed by atoms with E-state index in [9.17, 15) is 18.0 Å². The van der Waals surface area contributed by atoms with Crippen molar-refractivity contribution in [3.8, 4) is 0 Å². The molecule has 1 aromatic heterocycles. The number of hydrogen-bond donors (Lipinski definition) is 2. The van der Waals surface area contributed by atoms with Gasteiger partial charge in [-0.2, -0.15) is 0 Å². The molecule has 0 aliphatic heterocycles. The van der Waals surface area contributed by atoms with Gasteiger partial charge in [0.15, 0.2) is 5.16 Å². The highest BCUT2D eigenvalue weighted by Gasteiger charge is 2.16. The summed E-state index contributed by atoms with van der Waals surface area (Å²) in [7, 11) is -0.598. The van der Waals surface area contributed by atoms with E-state index in [2.05, 4.69) is 15.3 Å². The van der Waals surface area contributed by atoms with Crippen LogP contribution in [0.1, 0.15) is 19.0 Å². The van der Waals surface area contributed by atoms with Crippen molar-refractivity contribution in [1.29, 1.82) is 0 Å². The third-order valence-corrected chi connectivity index (χ3v) is 6.24. The van der Waals surface area contributed by atoms with Crippen LogP contribution in [-0.4, -0.2) is 48.4 Å². The summed E-state index contributed by atoms with van der Waals surface area (Å²) in [5.41, 5.74) is 0.940. The molecular formula is C17H22N4O4S2. The molecule has 0 radical (unpaired) electrons. The third-order valence-electron chi connectivity index (χ3n) is 3.54. The zero-order chi connectivity index (χ0) is 20.0. The quantitative estimate of drug-likeness (QED) is 0.506. The molecule has 0 atom stereocenters. The van der Waals surface area contributed by atoms with Gasteiger partial charge in [-0.1, -0.05) is 25.1 Å². The van der Waals surface area contributed by atoms with E-state index in [4.69, 9.17) is 0 Å². The van der Waals surface area contributed by atoms with Crippen LogP contribution in [0.5, 0.6) is 0 Å². The predicted molar refractivity (Wildman–Crippen MR) is 106 cm³/mol. The van der Waals surface area contributed by atoms with Crippen molar-refractivity contribution in [2.75, 3.05) is 25.2 Å². The Balaban J connectivity index is 1.97. The van der Waals surface area contributed by atoms with Crippen molar-refractivity contribution >= 4 is 33.4 Å². The fourth-order valence-corrected chi connectivity index (χ4v) is 3.78. The Hall–Kier alpha value is -2.17. The Morgan fingerprint density at radius 3 is 2.52 bits per heavy atom. The number of sulfonamides is 1. The van der Waals surface area contributed by atoms with Crippen LogP contribution in [0, 0.1) is 0 Å². The van der Waals surface area contributed by atoms with Crippen molar-refractivity contribution in [3.63, 3.8) is 0 Å². The van der Waals surface area contributed by atoms with Gasteiger partial charge in [0.1, 0.15) is 0 Å². The Kier molecular flexibility index (Phi) is 7.17. The number of amides is 1. The number of aromatic amines is 1. The Labute approximate surface area is 162 Å². The molecule has 0 aliphatic rings.